The monoisotopic (exact) mass is 210 g/mol. The van der Waals surface area contributed by atoms with E-state index in [0.717, 1.165) is 0 Å². The number of hydrogen-bond acceptors (Lipinski definition) is 4. The zero-order valence-electron chi connectivity index (χ0n) is 8.11. The minimum absolute atomic E-state index is 0.0110. The Balaban J connectivity index is 2.46. The number of benzene rings is 1. The van der Waals surface area contributed by atoms with Gasteiger partial charge in [0.1, 0.15) is 0 Å². The maximum absolute atomic E-state index is 13.5. The molecule has 0 aliphatic carbocycles. The predicted molar refractivity (Wildman–Crippen MR) is 52.0 cm³/mol. The van der Waals surface area contributed by atoms with Gasteiger partial charge in [0.2, 0.25) is 0 Å². The molecule has 2 rings (SSSR count). The van der Waals surface area contributed by atoms with Crippen molar-refractivity contribution in [1.29, 1.82) is 0 Å². The molecule has 1 unspecified atom stereocenters. The van der Waals surface area contributed by atoms with Crippen LogP contribution in [0.25, 0.3) is 0 Å². The molecule has 1 heterocycles. The fourth-order valence-electron chi connectivity index (χ4n) is 1.53. The lowest BCUT2D eigenvalue weighted by Gasteiger charge is -2.24. The van der Waals surface area contributed by atoms with E-state index in [0.29, 0.717) is 0 Å². The van der Waals surface area contributed by atoms with Crippen LogP contribution in [0.4, 0.5) is 4.39 Å². The SMILES string of the molecule is CN1C=CC(O)(c2cccc(O)c2F)N1. The van der Waals surface area contributed by atoms with Crippen LogP contribution in [-0.4, -0.2) is 22.3 Å². The van der Waals surface area contributed by atoms with Crippen LogP contribution in [0.2, 0.25) is 0 Å². The highest BCUT2D eigenvalue weighted by atomic mass is 19.1. The average Bonchev–Trinajstić information content (AvgIpc) is 2.52. The number of halogens is 1. The summed E-state index contributed by atoms with van der Waals surface area (Å²) < 4.78 is 13.5. The van der Waals surface area contributed by atoms with Crippen LogP contribution in [0.1, 0.15) is 5.56 Å². The van der Waals surface area contributed by atoms with E-state index in [1.54, 1.807) is 13.2 Å². The molecule has 1 atom stereocenters. The summed E-state index contributed by atoms with van der Waals surface area (Å²) >= 11 is 0. The van der Waals surface area contributed by atoms with Crippen molar-refractivity contribution in [2.45, 2.75) is 5.72 Å². The molecular formula is C10H11FN2O2. The van der Waals surface area contributed by atoms with Gasteiger partial charge in [-0.25, -0.2) is 4.39 Å². The van der Waals surface area contributed by atoms with Gasteiger partial charge in [0.15, 0.2) is 17.3 Å². The van der Waals surface area contributed by atoms with Crippen LogP contribution >= 0.6 is 0 Å². The average molecular weight is 210 g/mol. The maximum atomic E-state index is 13.5. The second kappa shape index (κ2) is 3.22. The summed E-state index contributed by atoms with van der Waals surface area (Å²) in [6, 6.07) is 4.11. The van der Waals surface area contributed by atoms with E-state index in [9.17, 15) is 14.6 Å². The number of hydrazine groups is 1. The number of hydrogen-bond donors (Lipinski definition) is 3. The summed E-state index contributed by atoms with van der Waals surface area (Å²) in [7, 11) is 1.68. The smallest absolute Gasteiger partial charge is 0.182 e. The lowest BCUT2D eigenvalue weighted by atomic mass is 10.0. The van der Waals surface area contributed by atoms with Crippen LogP contribution in [-0.2, 0) is 5.72 Å². The van der Waals surface area contributed by atoms with Crippen molar-refractivity contribution in [2.24, 2.45) is 0 Å². The first-order valence-electron chi connectivity index (χ1n) is 4.43. The first-order valence-corrected chi connectivity index (χ1v) is 4.43. The molecule has 1 aromatic rings. The molecule has 3 N–H and O–H groups in total. The van der Waals surface area contributed by atoms with Gasteiger partial charge in [-0.3, -0.25) is 0 Å². The number of phenolic OH excluding ortho intramolecular Hbond substituents is 1. The van der Waals surface area contributed by atoms with E-state index in [1.807, 2.05) is 0 Å². The molecule has 1 aromatic carbocycles. The van der Waals surface area contributed by atoms with E-state index in [-0.39, 0.29) is 5.56 Å². The fraction of sp³-hybridized carbons (Fsp3) is 0.200. The summed E-state index contributed by atoms with van der Waals surface area (Å²) in [5.74, 6) is -1.31. The van der Waals surface area contributed by atoms with Crippen LogP contribution < -0.4 is 5.43 Å². The van der Waals surface area contributed by atoms with Gasteiger partial charge in [0.25, 0.3) is 0 Å². The Morgan fingerprint density at radius 3 is 2.80 bits per heavy atom. The van der Waals surface area contributed by atoms with Gasteiger partial charge in [0, 0.05) is 18.8 Å². The standard InChI is InChI=1S/C10H11FN2O2/c1-13-6-5-10(15,12-13)7-3-2-4-8(14)9(7)11/h2-6,12,14-15H,1H3. The normalized spacial score (nSPS) is 24.9. The third-order valence-electron chi connectivity index (χ3n) is 2.28. The van der Waals surface area contributed by atoms with Crippen molar-refractivity contribution in [1.82, 2.24) is 10.4 Å². The van der Waals surface area contributed by atoms with Crippen molar-refractivity contribution in [3.8, 4) is 5.75 Å². The molecule has 15 heavy (non-hydrogen) atoms. The topological polar surface area (TPSA) is 55.7 Å². The molecule has 0 amide bonds. The largest absolute Gasteiger partial charge is 0.505 e. The van der Waals surface area contributed by atoms with Crippen LogP contribution in [0.5, 0.6) is 5.75 Å². The number of aromatic hydroxyl groups is 1. The number of nitrogens with zero attached hydrogens (tertiary/aromatic N) is 1. The van der Waals surface area contributed by atoms with Gasteiger partial charge in [0.05, 0.1) is 0 Å². The summed E-state index contributed by atoms with van der Waals surface area (Å²) in [6.07, 6.45) is 2.98. The molecule has 0 spiro atoms. The van der Waals surface area contributed by atoms with Crippen molar-refractivity contribution in [2.75, 3.05) is 7.05 Å². The molecule has 0 aromatic heterocycles. The summed E-state index contributed by atoms with van der Waals surface area (Å²) in [4.78, 5) is 0. The van der Waals surface area contributed by atoms with E-state index in [1.165, 1.54) is 29.3 Å². The van der Waals surface area contributed by atoms with Gasteiger partial charge in [-0.05, 0) is 12.1 Å². The van der Waals surface area contributed by atoms with Gasteiger partial charge in [-0.2, -0.15) is 5.43 Å². The number of phenols is 1. The summed E-state index contributed by atoms with van der Waals surface area (Å²) in [5.41, 5.74) is 1.03. The van der Waals surface area contributed by atoms with Crippen molar-refractivity contribution >= 4 is 0 Å². The number of nitrogens with one attached hydrogen (secondary N) is 1. The Bertz CT molecular complexity index is 422. The first-order chi connectivity index (χ1) is 7.03. The Labute approximate surface area is 86.2 Å². The summed E-state index contributed by atoms with van der Waals surface area (Å²) in [5, 5.41) is 20.7. The molecule has 0 fully saturated rings. The Hall–Kier alpha value is -1.59. The van der Waals surface area contributed by atoms with Gasteiger partial charge < -0.3 is 15.2 Å². The number of rotatable bonds is 1. The molecule has 4 nitrogen and oxygen atoms in total. The highest BCUT2D eigenvalue weighted by molar-refractivity contribution is 5.36. The van der Waals surface area contributed by atoms with E-state index in [4.69, 9.17) is 0 Å². The Morgan fingerprint density at radius 1 is 1.47 bits per heavy atom. The highest BCUT2D eigenvalue weighted by Gasteiger charge is 2.34. The minimum Gasteiger partial charge on any atom is -0.505 e. The third-order valence-corrected chi connectivity index (χ3v) is 2.28. The highest BCUT2D eigenvalue weighted by Crippen LogP contribution is 2.30. The third kappa shape index (κ3) is 1.55. The zero-order valence-corrected chi connectivity index (χ0v) is 8.11. The zero-order chi connectivity index (χ0) is 11.1. The molecule has 0 saturated heterocycles. The van der Waals surface area contributed by atoms with Crippen molar-refractivity contribution in [3.05, 3.63) is 41.9 Å². The summed E-state index contributed by atoms with van der Waals surface area (Å²) in [6.45, 7) is 0. The van der Waals surface area contributed by atoms with Crippen LogP contribution in [0.15, 0.2) is 30.5 Å². The van der Waals surface area contributed by atoms with Gasteiger partial charge in [-0.15, -0.1) is 0 Å². The van der Waals surface area contributed by atoms with Gasteiger partial charge >= 0.3 is 0 Å². The lowest BCUT2D eigenvalue weighted by Crippen LogP contribution is -2.43. The second-order valence-electron chi connectivity index (χ2n) is 3.44. The molecule has 1 aliphatic heterocycles. The maximum Gasteiger partial charge on any atom is 0.182 e. The molecule has 80 valence electrons. The van der Waals surface area contributed by atoms with E-state index in [2.05, 4.69) is 5.43 Å². The lowest BCUT2D eigenvalue weighted by molar-refractivity contribution is 0.0138. The predicted octanol–water partition coefficient (Wildman–Crippen LogP) is 0.640. The van der Waals surface area contributed by atoms with Crippen molar-refractivity contribution < 1.29 is 14.6 Å². The number of aliphatic hydroxyl groups is 1. The first kappa shape index (κ1) is 9.95. The van der Waals surface area contributed by atoms with E-state index < -0.39 is 17.3 Å². The van der Waals surface area contributed by atoms with Crippen molar-refractivity contribution in [3.63, 3.8) is 0 Å². The van der Waals surface area contributed by atoms with E-state index >= 15 is 0 Å². The molecule has 0 bridgehead atoms. The molecule has 0 radical (unpaired) electrons. The minimum atomic E-state index is -1.60. The second-order valence-corrected chi connectivity index (χ2v) is 3.44. The fourth-order valence-corrected chi connectivity index (χ4v) is 1.53. The molecule has 1 aliphatic rings. The quantitative estimate of drug-likeness (QED) is 0.636. The molecule has 5 heteroatoms. The molecular weight excluding hydrogens is 199 g/mol. The Morgan fingerprint density at radius 2 is 2.20 bits per heavy atom. The Kier molecular flexibility index (Phi) is 2.13. The molecule has 0 saturated carbocycles. The van der Waals surface area contributed by atoms with Gasteiger partial charge in [-0.1, -0.05) is 12.1 Å². The van der Waals surface area contributed by atoms with Crippen LogP contribution in [0.3, 0.4) is 0 Å². The van der Waals surface area contributed by atoms with Crippen LogP contribution in [0, 0.1) is 5.82 Å².